The van der Waals surface area contributed by atoms with E-state index in [1.807, 2.05) is 127 Å². The lowest BCUT2D eigenvalue weighted by Gasteiger charge is -2.43. The molecule has 0 amide bonds. The Morgan fingerprint density at radius 1 is 0.643 bits per heavy atom. The van der Waals surface area contributed by atoms with Gasteiger partial charge in [-0.1, -0.05) is 142 Å². The zero-order chi connectivity index (χ0) is 42.4. The molecule has 1 fully saturated rings. The summed E-state index contributed by atoms with van der Waals surface area (Å²) in [5, 5.41) is 0. The number of hydrogen-bond acceptors (Lipinski definition) is 8. The maximum atomic E-state index is 13.0. The zero-order valence-electron chi connectivity index (χ0n) is 35.5. The fraction of sp³-hybridized carbons (Fsp3) is 0.458. The topological polar surface area (TPSA) is 121 Å². The lowest BCUT2D eigenvalue weighted by atomic mass is 9.62. The summed E-state index contributed by atoms with van der Waals surface area (Å²) in [6, 6.07) is 0. The fourth-order valence-corrected chi connectivity index (χ4v) is 7.00. The van der Waals surface area contributed by atoms with E-state index in [0.717, 1.165) is 27.9 Å². The number of Topliss-reactive ketones (excluding diaryl/α,β-unsaturated/α-hetero) is 4. The number of ether oxygens (including phenoxy) is 2. The molecule has 1 saturated carbocycles. The van der Waals surface area contributed by atoms with Crippen LogP contribution in [0.1, 0.15) is 109 Å². The van der Waals surface area contributed by atoms with Crippen molar-refractivity contribution in [2.24, 2.45) is 22.7 Å². The van der Waals surface area contributed by atoms with Crippen LogP contribution in [0.15, 0.2) is 119 Å². The molecular formula is C48H62O8. The van der Waals surface area contributed by atoms with Crippen molar-refractivity contribution in [1.29, 1.82) is 0 Å². The van der Waals surface area contributed by atoms with Gasteiger partial charge in [-0.05, 0) is 82.8 Å². The predicted octanol–water partition coefficient (Wildman–Crippen LogP) is 9.90. The standard InChI is InChI=1S/C48H62O8/c1-31(19-15-21-33(3)23-25-39-37(7)45(53)41(29-47(39,9)10)55-43(51)27-35(5)49)17-13-14-18-32(2)20-16-22-34(4)24-26-40-38(8)46(54)42(30-48(40,11)12)56-44(52)28-36(6)50/h13-26,37,39,41-42H,27-30H2,1-12H3/b14-13+,19-15+,20-16+,25-23+,26-24+,31-17+,32-18+,33-21+,34-22+/t37?,39?,41-,42-/m0/s1. The van der Waals surface area contributed by atoms with Crippen molar-refractivity contribution >= 4 is 35.1 Å². The van der Waals surface area contributed by atoms with Gasteiger partial charge in [0.1, 0.15) is 24.4 Å². The first-order valence-corrected chi connectivity index (χ1v) is 19.3. The Labute approximate surface area is 334 Å². The minimum atomic E-state index is -0.882. The second-order valence-electron chi connectivity index (χ2n) is 16.6. The number of hydrogen-bond donors (Lipinski definition) is 0. The maximum absolute atomic E-state index is 13.0. The van der Waals surface area contributed by atoms with Crippen LogP contribution < -0.4 is 0 Å². The molecule has 2 aliphatic carbocycles. The highest BCUT2D eigenvalue weighted by Crippen LogP contribution is 2.44. The number of carbonyl (C=O) groups excluding carboxylic acids is 6. The summed E-state index contributed by atoms with van der Waals surface area (Å²) in [4.78, 5) is 72.6. The van der Waals surface area contributed by atoms with Crippen LogP contribution in [-0.2, 0) is 38.2 Å². The lowest BCUT2D eigenvalue weighted by molar-refractivity contribution is -0.164. The van der Waals surface area contributed by atoms with Gasteiger partial charge in [0.05, 0.1) is 0 Å². The molecule has 4 atom stereocenters. The van der Waals surface area contributed by atoms with E-state index in [1.54, 1.807) is 6.92 Å². The first-order chi connectivity index (χ1) is 26.0. The van der Waals surface area contributed by atoms with Crippen molar-refractivity contribution in [2.45, 2.75) is 121 Å². The molecule has 8 nitrogen and oxygen atoms in total. The van der Waals surface area contributed by atoms with E-state index in [1.165, 1.54) is 13.8 Å². The van der Waals surface area contributed by atoms with E-state index in [2.05, 4.69) is 19.9 Å². The Morgan fingerprint density at radius 2 is 1.09 bits per heavy atom. The average Bonchev–Trinajstić information content (AvgIpc) is 3.06. The molecule has 0 bridgehead atoms. The quantitative estimate of drug-likeness (QED) is 0.0865. The molecule has 56 heavy (non-hydrogen) atoms. The van der Waals surface area contributed by atoms with Gasteiger partial charge in [0.15, 0.2) is 23.8 Å². The van der Waals surface area contributed by atoms with E-state index >= 15 is 0 Å². The third kappa shape index (κ3) is 15.3. The third-order valence-electron chi connectivity index (χ3n) is 10.1. The van der Waals surface area contributed by atoms with Crippen LogP contribution in [0.2, 0.25) is 0 Å². The molecule has 2 unspecified atom stereocenters. The normalized spacial score (nSPS) is 24.0. The molecule has 0 aromatic rings. The summed E-state index contributed by atoms with van der Waals surface area (Å²) >= 11 is 0. The molecule has 0 spiro atoms. The van der Waals surface area contributed by atoms with Crippen LogP contribution in [-0.4, -0.2) is 47.3 Å². The van der Waals surface area contributed by atoms with Gasteiger partial charge in [-0.3, -0.25) is 28.8 Å². The number of rotatable bonds is 16. The molecule has 0 aliphatic heterocycles. The molecule has 0 N–H and O–H groups in total. The minimum Gasteiger partial charge on any atom is -0.454 e. The van der Waals surface area contributed by atoms with Gasteiger partial charge < -0.3 is 9.47 Å². The van der Waals surface area contributed by atoms with Crippen LogP contribution in [0.25, 0.3) is 0 Å². The van der Waals surface area contributed by atoms with Gasteiger partial charge in [-0.25, -0.2) is 0 Å². The van der Waals surface area contributed by atoms with Gasteiger partial charge in [-0.15, -0.1) is 0 Å². The first kappa shape index (κ1) is 47.2. The third-order valence-corrected chi connectivity index (χ3v) is 10.1. The van der Waals surface area contributed by atoms with Gasteiger partial charge in [0, 0.05) is 12.3 Å². The summed E-state index contributed by atoms with van der Waals surface area (Å²) in [6.45, 7) is 22.5. The molecule has 8 heteroatoms. The number of ketones is 4. The molecule has 2 aliphatic rings. The predicted molar refractivity (Wildman–Crippen MR) is 223 cm³/mol. The summed E-state index contributed by atoms with van der Waals surface area (Å²) in [7, 11) is 0. The first-order valence-electron chi connectivity index (χ1n) is 19.3. The van der Waals surface area contributed by atoms with Crippen LogP contribution in [0, 0.1) is 22.7 Å². The Bertz CT molecular complexity index is 1840. The van der Waals surface area contributed by atoms with Crippen molar-refractivity contribution in [3.05, 3.63) is 119 Å². The molecule has 0 heterocycles. The van der Waals surface area contributed by atoms with Crippen molar-refractivity contribution < 1.29 is 38.2 Å². The largest absolute Gasteiger partial charge is 0.454 e. The van der Waals surface area contributed by atoms with E-state index in [0.29, 0.717) is 18.4 Å². The van der Waals surface area contributed by atoms with Crippen molar-refractivity contribution in [1.82, 2.24) is 0 Å². The van der Waals surface area contributed by atoms with E-state index in [-0.39, 0.29) is 53.2 Å². The van der Waals surface area contributed by atoms with E-state index in [4.69, 9.17) is 9.47 Å². The number of carbonyl (C=O) groups is 6. The van der Waals surface area contributed by atoms with Crippen LogP contribution in [0.3, 0.4) is 0 Å². The molecule has 2 rings (SSSR count). The van der Waals surface area contributed by atoms with Crippen LogP contribution in [0.5, 0.6) is 0 Å². The molecule has 302 valence electrons. The molecule has 0 aromatic carbocycles. The second kappa shape index (κ2) is 21.4. The molecule has 0 radical (unpaired) electrons. The van der Waals surface area contributed by atoms with Gasteiger partial charge >= 0.3 is 11.9 Å². The van der Waals surface area contributed by atoms with Crippen molar-refractivity contribution in [3.8, 4) is 0 Å². The summed E-state index contributed by atoms with van der Waals surface area (Å²) < 4.78 is 10.7. The Morgan fingerprint density at radius 3 is 1.59 bits per heavy atom. The average molecular weight is 767 g/mol. The highest BCUT2D eigenvalue weighted by Gasteiger charge is 2.46. The van der Waals surface area contributed by atoms with Gasteiger partial charge in [0.2, 0.25) is 0 Å². The van der Waals surface area contributed by atoms with E-state index in [9.17, 15) is 28.8 Å². The Hall–Kier alpha value is -4.98. The second-order valence-corrected chi connectivity index (χ2v) is 16.6. The van der Waals surface area contributed by atoms with Crippen molar-refractivity contribution in [3.63, 3.8) is 0 Å². The minimum absolute atomic E-state index is 0.0219. The summed E-state index contributed by atoms with van der Waals surface area (Å²) in [5.74, 6) is -2.58. The summed E-state index contributed by atoms with van der Waals surface area (Å²) in [6.07, 6.45) is 26.5. The molecular weight excluding hydrogens is 705 g/mol. The highest BCUT2D eigenvalue weighted by molar-refractivity contribution is 6.03. The lowest BCUT2D eigenvalue weighted by Crippen LogP contribution is -2.47. The summed E-state index contributed by atoms with van der Waals surface area (Å²) in [5.41, 5.74) is 5.00. The molecule has 0 aromatic heterocycles. The van der Waals surface area contributed by atoms with Gasteiger partial charge in [-0.2, -0.15) is 0 Å². The monoisotopic (exact) mass is 766 g/mol. The van der Waals surface area contributed by atoms with Crippen molar-refractivity contribution in [2.75, 3.05) is 0 Å². The van der Waals surface area contributed by atoms with Crippen LogP contribution >= 0.6 is 0 Å². The Kier molecular flexibility index (Phi) is 18.0. The van der Waals surface area contributed by atoms with Crippen LogP contribution in [0.4, 0.5) is 0 Å². The number of esters is 2. The molecule has 0 saturated heterocycles. The zero-order valence-corrected chi connectivity index (χ0v) is 35.5. The SMILES string of the molecule is CC(=O)CC(=O)O[C@H]1CC(C)(C)C(/C=C/C(C)=C/C=C/C(C)=C/C=C/C=C(C)/C=C/C=C(C)/C=C/C2C(C)C(=O)[C@@H](OC(=O)CC(C)=O)CC2(C)C)=C(C)C1=O. The smallest absolute Gasteiger partial charge is 0.314 e. The van der Waals surface area contributed by atoms with E-state index < -0.39 is 29.6 Å². The fourth-order valence-electron chi connectivity index (χ4n) is 7.00. The van der Waals surface area contributed by atoms with Gasteiger partial charge in [0.25, 0.3) is 0 Å². The Balaban J connectivity index is 1.96. The number of allylic oxidation sites excluding steroid dienone is 19. The maximum Gasteiger partial charge on any atom is 0.314 e. The highest BCUT2D eigenvalue weighted by atomic mass is 16.6.